The number of hydrogen-bond acceptors (Lipinski definition) is 5. The summed E-state index contributed by atoms with van der Waals surface area (Å²) in [5.41, 5.74) is 3.92. The number of rotatable bonds is 5. The van der Waals surface area contributed by atoms with Gasteiger partial charge in [-0.2, -0.15) is 9.40 Å². The summed E-state index contributed by atoms with van der Waals surface area (Å²) >= 11 is 6.01. The Labute approximate surface area is 197 Å². The van der Waals surface area contributed by atoms with Gasteiger partial charge in [0.15, 0.2) is 0 Å². The summed E-state index contributed by atoms with van der Waals surface area (Å²) in [6, 6.07) is 12.2. The van der Waals surface area contributed by atoms with Crippen molar-refractivity contribution in [3.8, 4) is 17.0 Å². The van der Waals surface area contributed by atoms with E-state index in [1.165, 1.54) is 11.4 Å². The maximum Gasteiger partial charge on any atom is 0.247 e. The second-order valence-electron chi connectivity index (χ2n) is 8.11. The van der Waals surface area contributed by atoms with E-state index < -0.39 is 10.0 Å². The number of halogens is 1. The molecular formula is C23H23ClN4O4S. The van der Waals surface area contributed by atoms with Gasteiger partial charge in [0, 0.05) is 60.0 Å². The van der Waals surface area contributed by atoms with Crippen molar-refractivity contribution in [3.05, 3.63) is 58.7 Å². The van der Waals surface area contributed by atoms with Crippen molar-refractivity contribution in [1.82, 2.24) is 14.5 Å². The van der Waals surface area contributed by atoms with Crippen LogP contribution in [0.25, 0.3) is 11.3 Å². The minimum atomic E-state index is -3.89. The topological polar surface area (TPSA) is 95.6 Å². The van der Waals surface area contributed by atoms with Crippen LogP contribution in [0.2, 0.25) is 5.02 Å². The fraction of sp³-hybridized carbons (Fsp3) is 0.304. The molecule has 5 rings (SSSR count). The van der Waals surface area contributed by atoms with Crippen molar-refractivity contribution in [2.24, 2.45) is 0 Å². The molecule has 172 valence electrons. The third-order valence-electron chi connectivity index (χ3n) is 6.17. The summed E-state index contributed by atoms with van der Waals surface area (Å²) in [7, 11) is -2.45. The van der Waals surface area contributed by atoms with Gasteiger partial charge < -0.3 is 9.64 Å². The van der Waals surface area contributed by atoms with Crippen LogP contribution in [-0.2, 0) is 27.8 Å². The Balaban J connectivity index is 1.50. The zero-order chi connectivity index (χ0) is 23.2. The van der Waals surface area contributed by atoms with Gasteiger partial charge in [0.05, 0.1) is 12.8 Å². The lowest BCUT2D eigenvalue weighted by Crippen LogP contribution is -2.36. The lowest BCUT2D eigenvalue weighted by molar-refractivity contribution is -0.117. The predicted molar refractivity (Wildman–Crippen MR) is 125 cm³/mol. The van der Waals surface area contributed by atoms with Crippen LogP contribution in [0.1, 0.15) is 24.1 Å². The third kappa shape index (κ3) is 3.90. The van der Waals surface area contributed by atoms with Gasteiger partial charge in [-0.1, -0.05) is 23.7 Å². The highest BCUT2D eigenvalue weighted by atomic mass is 35.5. The zero-order valence-electron chi connectivity index (χ0n) is 18.0. The molecule has 33 heavy (non-hydrogen) atoms. The molecule has 0 bridgehead atoms. The standard InChI is InChI=1S/C23H23ClN4O4S/c1-32-20-9-8-17(28-11-2-3-22(28)29)13-21(20)33(30,31)27-12-10-19-18(14-27)23(26-25-19)15-4-6-16(24)7-5-15/h4-9,13H,2-3,10-12,14H2,1H3,(H,25,26). The number of amides is 1. The molecule has 1 amide bonds. The number of anilines is 1. The molecule has 3 heterocycles. The van der Waals surface area contributed by atoms with E-state index in [1.54, 1.807) is 35.2 Å². The molecule has 1 N–H and O–H groups in total. The van der Waals surface area contributed by atoms with Gasteiger partial charge in [-0.15, -0.1) is 0 Å². The quantitative estimate of drug-likeness (QED) is 0.594. The highest BCUT2D eigenvalue weighted by molar-refractivity contribution is 7.89. The Kier molecular flexibility index (Phi) is 5.64. The third-order valence-corrected chi connectivity index (χ3v) is 8.28. The van der Waals surface area contributed by atoms with E-state index in [0.29, 0.717) is 42.3 Å². The number of carbonyl (C=O) groups excluding carboxylic acids is 1. The summed E-state index contributed by atoms with van der Waals surface area (Å²) in [4.78, 5) is 13.9. The van der Waals surface area contributed by atoms with Crippen molar-refractivity contribution in [2.45, 2.75) is 30.7 Å². The Morgan fingerprint density at radius 1 is 1.09 bits per heavy atom. The number of aromatic nitrogens is 2. The molecule has 0 spiro atoms. The van der Waals surface area contributed by atoms with Crippen LogP contribution in [0.4, 0.5) is 5.69 Å². The molecule has 0 saturated carbocycles. The summed E-state index contributed by atoms with van der Waals surface area (Å²) in [5.74, 6) is 0.249. The molecule has 0 radical (unpaired) electrons. The van der Waals surface area contributed by atoms with Crippen LogP contribution in [-0.4, -0.2) is 49.0 Å². The second-order valence-corrected chi connectivity index (χ2v) is 10.5. The number of hydrogen-bond donors (Lipinski definition) is 1. The lowest BCUT2D eigenvalue weighted by atomic mass is 10.0. The SMILES string of the molecule is COc1ccc(N2CCCC2=O)cc1S(=O)(=O)N1CCc2[nH]nc(-c3ccc(Cl)cc3)c2C1. The van der Waals surface area contributed by atoms with E-state index >= 15 is 0 Å². The molecular weight excluding hydrogens is 464 g/mol. The number of ether oxygens (including phenoxy) is 1. The van der Waals surface area contributed by atoms with Crippen molar-refractivity contribution < 1.29 is 17.9 Å². The number of methoxy groups -OCH3 is 1. The summed E-state index contributed by atoms with van der Waals surface area (Å²) in [6.45, 7) is 1.08. The van der Waals surface area contributed by atoms with Gasteiger partial charge >= 0.3 is 0 Å². The summed E-state index contributed by atoms with van der Waals surface area (Å²) in [6.07, 6.45) is 1.74. The minimum absolute atomic E-state index is 0.00266. The molecule has 0 unspecified atom stereocenters. The van der Waals surface area contributed by atoms with Gasteiger partial charge in [-0.05, 0) is 36.8 Å². The van der Waals surface area contributed by atoms with E-state index in [1.807, 2.05) is 12.1 Å². The molecule has 0 aliphatic carbocycles. The number of fused-ring (bicyclic) bond motifs is 1. The van der Waals surface area contributed by atoms with E-state index in [4.69, 9.17) is 16.3 Å². The van der Waals surface area contributed by atoms with Crippen molar-refractivity contribution >= 4 is 33.2 Å². The predicted octanol–water partition coefficient (Wildman–Crippen LogP) is 3.61. The Morgan fingerprint density at radius 3 is 2.58 bits per heavy atom. The van der Waals surface area contributed by atoms with E-state index in [0.717, 1.165) is 23.2 Å². The Hall–Kier alpha value is -2.88. The van der Waals surface area contributed by atoms with E-state index in [-0.39, 0.29) is 23.1 Å². The van der Waals surface area contributed by atoms with Gasteiger partial charge in [0.1, 0.15) is 10.6 Å². The number of nitrogens with one attached hydrogen (secondary N) is 1. The number of aromatic amines is 1. The number of nitrogens with zero attached hydrogens (tertiary/aromatic N) is 3. The van der Waals surface area contributed by atoms with Crippen molar-refractivity contribution in [1.29, 1.82) is 0 Å². The number of carbonyl (C=O) groups is 1. The largest absolute Gasteiger partial charge is 0.495 e. The van der Waals surface area contributed by atoms with Gasteiger partial charge in [-0.25, -0.2) is 8.42 Å². The number of H-pyrrole nitrogens is 1. The maximum absolute atomic E-state index is 13.7. The van der Waals surface area contributed by atoms with Gasteiger partial charge in [-0.3, -0.25) is 9.89 Å². The first-order chi connectivity index (χ1) is 15.9. The fourth-order valence-electron chi connectivity index (χ4n) is 4.42. The summed E-state index contributed by atoms with van der Waals surface area (Å²) in [5, 5.41) is 8.11. The van der Waals surface area contributed by atoms with Crippen LogP contribution in [0.3, 0.4) is 0 Å². The number of benzene rings is 2. The summed E-state index contributed by atoms with van der Waals surface area (Å²) < 4.78 is 34.3. The van der Waals surface area contributed by atoms with Gasteiger partial charge in [0.2, 0.25) is 15.9 Å². The first-order valence-electron chi connectivity index (χ1n) is 10.7. The fourth-order valence-corrected chi connectivity index (χ4v) is 6.13. The average Bonchev–Trinajstić information content (AvgIpc) is 3.45. The smallest absolute Gasteiger partial charge is 0.247 e. The van der Waals surface area contributed by atoms with Gasteiger partial charge in [0.25, 0.3) is 0 Å². The Morgan fingerprint density at radius 2 is 1.88 bits per heavy atom. The second kappa shape index (κ2) is 8.48. The maximum atomic E-state index is 13.7. The lowest BCUT2D eigenvalue weighted by Gasteiger charge is -2.28. The van der Waals surface area contributed by atoms with Crippen molar-refractivity contribution in [2.75, 3.05) is 25.1 Å². The van der Waals surface area contributed by atoms with Crippen LogP contribution in [0, 0.1) is 0 Å². The highest BCUT2D eigenvalue weighted by Crippen LogP contribution is 2.36. The molecule has 2 aliphatic heterocycles. The molecule has 8 nitrogen and oxygen atoms in total. The first kappa shape index (κ1) is 21.9. The normalized spacial score (nSPS) is 16.8. The first-order valence-corrected chi connectivity index (χ1v) is 12.5. The molecule has 10 heteroatoms. The van der Waals surface area contributed by atoms with E-state index in [2.05, 4.69) is 10.2 Å². The molecule has 1 fully saturated rings. The number of sulfonamides is 1. The molecule has 2 aliphatic rings. The van der Waals surface area contributed by atoms with Crippen LogP contribution in [0.15, 0.2) is 47.4 Å². The monoisotopic (exact) mass is 486 g/mol. The van der Waals surface area contributed by atoms with Crippen molar-refractivity contribution in [3.63, 3.8) is 0 Å². The molecule has 3 aromatic rings. The Bertz CT molecular complexity index is 1320. The van der Waals surface area contributed by atoms with Crippen LogP contribution in [0.5, 0.6) is 5.75 Å². The minimum Gasteiger partial charge on any atom is -0.495 e. The van der Waals surface area contributed by atoms with E-state index in [9.17, 15) is 13.2 Å². The molecule has 2 aromatic carbocycles. The molecule has 1 saturated heterocycles. The average molecular weight is 487 g/mol. The highest BCUT2D eigenvalue weighted by Gasteiger charge is 2.34. The molecule has 1 aromatic heterocycles. The van der Waals surface area contributed by atoms with Crippen LogP contribution >= 0.6 is 11.6 Å². The van der Waals surface area contributed by atoms with Crippen LogP contribution < -0.4 is 9.64 Å². The molecule has 0 atom stereocenters. The zero-order valence-corrected chi connectivity index (χ0v) is 19.6.